The first-order valence-corrected chi connectivity index (χ1v) is 10.4. The van der Waals surface area contributed by atoms with Gasteiger partial charge in [-0.2, -0.15) is 0 Å². The molecular formula is C27H21NO7. The van der Waals surface area contributed by atoms with E-state index in [9.17, 15) is 19.2 Å². The van der Waals surface area contributed by atoms with E-state index in [0.29, 0.717) is 34.1 Å². The Labute approximate surface area is 201 Å². The van der Waals surface area contributed by atoms with Gasteiger partial charge in [0.2, 0.25) is 5.90 Å². The van der Waals surface area contributed by atoms with Gasteiger partial charge in [-0.1, -0.05) is 54.6 Å². The van der Waals surface area contributed by atoms with Crippen molar-refractivity contribution in [1.29, 1.82) is 0 Å². The van der Waals surface area contributed by atoms with Gasteiger partial charge in [-0.25, -0.2) is 19.4 Å². The molecule has 8 nitrogen and oxygen atoms in total. The van der Waals surface area contributed by atoms with Gasteiger partial charge in [0.1, 0.15) is 0 Å². The maximum atomic E-state index is 12.0. The Morgan fingerprint density at radius 3 is 1.86 bits per heavy atom. The first-order valence-electron chi connectivity index (χ1n) is 10.4. The van der Waals surface area contributed by atoms with Crippen LogP contribution in [0.5, 0.6) is 0 Å². The van der Waals surface area contributed by atoms with E-state index in [1.165, 1.54) is 20.3 Å². The van der Waals surface area contributed by atoms with Crippen LogP contribution in [0.15, 0.2) is 89.6 Å². The maximum Gasteiger partial charge on any atom is 0.363 e. The number of hydrogen-bond donors (Lipinski definition) is 0. The van der Waals surface area contributed by atoms with E-state index in [-0.39, 0.29) is 11.6 Å². The second kappa shape index (κ2) is 11.9. The molecule has 3 aromatic rings. The van der Waals surface area contributed by atoms with Crippen LogP contribution in [-0.4, -0.2) is 44.3 Å². The quantitative estimate of drug-likeness (QED) is 0.239. The second-order valence-corrected chi connectivity index (χ2v) is 6.98. The predicted molar refractivity (Wildman–Crippen MR) is 128 cm³/mol. The van der Waals surface area contributed by atoms with Crippen molar-refractivity contribution in [3.8, 4) is 0 Å². The molecule has 0 aliphatic carbocycles. The lowest BCUT2D eigenvalue weighted by atomic mass is 10.1. The lowest BCUT2D eigenvalue weighted by Gasteiger charge is -2.03. The number of aliphatic imine (C=N–C) groups is 1. The number of carbonyl (C=O) groups excluding carboxylic acids is 4. The van der Waals surface area contributed by atoms with Crippen molar-refractivity contribution in [2.75, 3.05) is 14.2 Å². The number of hydrogen-bond acceptors (Lipinski definition) is 8. The summed E-state index contributed by atoms with van der Waals surface area (Å²) in [5.74, 6) is -1.27. The Kier molecular flexibility index (Phi) is 8.39. The summed E-state index contributed by atoms with van der Waals surface area (Å²) in [5, 5.41) is 0. The van der Waals surface area contributed by atoms with E-state index in [1.807, 2.05) is 18.2 Å². The lowest BCUT2D eigenvalue weighted by Crippen LogP contribution is -2.06. The molecule has 0 saturated carbocycles. The molecule has 0 atom stereocenters. The molecule has 1 aliphatic rings. The van der Waals surface area contributed by atoms with Crippen LogP contribution < -0.4 is 0 Å². The number of ether oxygens (including phenoxy) is 3. The van der Waals surface area contributed by atoms with E-state index in [0.717, 1.165) is 0 Å². The molecule has 0 aromatic heterocycles. The molecule has 0 unspecified atom stereocenters. The molecule has 1 aliphatic heterocycles. The highest BCUT2D eigenvalue weighted by molar-refractivity contribution is 6.13. The Balaban J connectivity index is 0.000000241. The zero-order valence-electron chi connectivity index (χ0n) is 19.0. The molecule has 0 amide bonds. The van der Waals surface area contributed by atoms with Crippen LogP contribution in [0.25, 0.3) is 6.08 Å². The highest BCUT2D eigenvalue weighted by Gasteiger charge is 2.24. The molecule has 3 aromatic carbocycles. The van der Waals surface area contributed by atoms with E-state index in [4.69, 9.17) is 9.47 Å². The Hall–Kier alpha value is -4.85. The number of benzene rings is 3. The minimum atomic E-state index is -0.552. The van der Waals surface area contributed by atoms with Crippen LogP contribution in [0, 0.1) is 0 Å². The fraction of sp³-hybridized carbons (Fsp3) is 0.0741. The molecule has 8 heteroatoms. The third kappa shape index (κ3) is 6.14. The summed E-state index contributed by atoms with van der Waals surface area (Å²) >= 11 is 0. The maximum absolute atomic E-state index is 12.0. The van der Waals surface area contributed by atoms with E-state index in [1.54, 1.807) is 60.7 Å². The SMILES string of the molecule is COC(=O)c1ccccc1/C=C1/N=C(c2ccccc2)OC1=O.COC(=O)c1ccccc1C=O. The van der Waals surface area contributed by atoms with Gasteiger partial charge < -0.3 is 14.2 Å². The molecule has 0 radical (unpaired) electrons. The van der Waals surface area contributed by atoms with Gasteiger partial charge in [0.25, 0.3) is 0 Å². The van der Waals surface area contributed by atoms with Gasteiger partial charge >= 0.3 is 17.9 Å². The Morgan fingerprint density at radius 1 is 0.771 bits per heavy atom. The highest BCUT2D eigenvalue weighted by Crippen LogP contribution is 2.21. The first-order chi connectivity index (χ1) is 17.0. The van der Waals surface area contributed by atoms with Gasteiger partial charge in [0.15, 0.2) is 12.0 Å². The van der Waals surface area contributed by atoms with Crippen molar-refractivity contribution in [2.45, 2.75) is 0 Å². The first kappa shape index (κ1) is 24.8. The fourth-order valence-corrected chi connectivity index (χ4v) is 3.07. The van der Waals surface area contributed by atoms with Crippen LogP contribution in [0.1, 0.15) is 42.2 Å². The van der Waals surface area contributed by atoms with Crippen LogP contribution >= 0.6 is 0 Å². The molecule has 35 heavy (non-hydrogen) atoms. The van der Waals surface area contributed by atoms with E-state index in [2.05, 4.69) is 9.73 Å². The summed E-state index contributed by atoms with van der Waals surface area (Å²) in [6.07, 6.45) is 2.15. The normalized spacial score (nSPS) is 13.1. The van der Waals surface area contributed by atoms with Gasteiger partial charge in [-0.15, -0.1) is 0 Å². The zero-order chi connectivity index (χ0) is 25.2. The number of carbonyl (C=O) groups is 4. The third-order valence-electron chi connectivity index (χ3n) is 4.79. The van der Waals surface area contributed by atoms with Crippen molar-refractivity contribution < 1.29 is 33.4 Å². The molecular weight excluding hydrogens is 450 g/mol. The monoisotopic (exact) mass is 471 g/mol. The lowest BCUT2D eigenvalue weighted by molar-refractivity contribution is -0.129. The highest BCUT2D eigenvalue weighted by atomic mass is 16.6. The third-order valence-corrected chi connectivity index (χ3v) is 4.79. The summed E-state index contributed by atoms with van der Waals surface area (Å²) in [5.41, 5.74) is 2.41. The topological polar surface area (TPSA) is 108 Å². The zero-order valence-corrected chi connectivity index (χ0v) is 19.0. The number of methoxy groups -OCH3 is 2. The number of esters is 3. The average Bonchev–Trinajstić information content (AvgIpc) is 3.28. The molecule has 176 valence electrons. The smallest absolute Gasteiger partial charge is 0.363 e. The van der Waals surface area contributed by atoms with Gasteiger partial charge in [-0.05, 0) is 35.9 Å². The molecule has 0 bridgehead atoms. The largest absolute Gasteiger partial charge is 0.465 e. The van der Waals surface area contributed by atoms with Crippen molar-refractivity contribution in [2.24, 2.45) is 4.99 Å². The molecule has 4 rings (SSSR count). The van der Waals surface area contributed by atoms with Crippen molar-refractivity contribution in [1.82, 2.24) is 0 Å². The van der Waals surface area contributed by atoms with Crippen molar-refractivity contribution in [3.05, 3.63) is 112 Å². The van der Waals surface area contributed by atoms with E-state index >= 15 is 0 Å². The molecule has 0 fully saturated rings. The van der Waals surface area contributed by atoms with Gasteiger partial charge in [0.05, 0.1) is 25.3 Å². The molecule has 0 saturated heterocycles. The van der Waals surface area contributed by atoms with Crippen LogP contribution in [0.4, 0.5) is 0 Å². The van der Waals surface area contributed by atoms with Crippen LogP contribution in [-0.2, 0) is 19.0 Å². The van der Waals surface area contributed by atoms with E-state index < -0.39 is 17.9 Å². The Bertz CT molecular complexity index is 1310. The molecule has 0 spiro atoms. The van der Waals surface area contributed by atoms with Crippen molar-refractivity contribution in [3.63, 3.8) is 0 Å². The number of aldehydes is 1. The standard InChI is InChI=1S/C18H13NO4.C9H8O3/c1-22-17(20)14-10-6-5-9-13(14)11-15-18(21)23-16(19-15)12-7-3-2-4-8-12;1-12-9(11)8-5-3-2-4-7(8)6-10/h2-11H,1H3;2-6H,1H3/b15-11+;. The molecule has 0 N–H and O–H groups in total. The second-order valence-electron chi connectivity index (χ2n) is 6.98. The van der Waals surface area contributed by atoms with Crippen LogP contribution in [0.3, 0.4) is 0 Å². The average molecular weight is 471 g/mol. The number of cyclic esters (lactones) is 1. The molecule has 1 heterocycles. The van der Waals surface area contributed by atoms with Gasteiger partial charge in [0, 0.05) is 11.1 Å². The minimum Gasteiger partial charge on any atom is -0.465 e. The fourth-order valence-electron chi connectivity index (χ4n) is 3.07. The summed E-state index contributed by atoms with van der Waals surface area (Å²) in [4.78, 5) is 49.4. The Morgan fingerprint density at radius 2 is 1.29 bits per heavy atom. The van der Waals surface area contributed by atoms with Crippen molar-refractivity contribution >= 4 is 36.2 Å². The summed E-state index contributed by atoms with van der Waals surface area (Å²) in [6, 6.07) is 22.5. The number of nitrogens with zero attached hydrogens (tertiary/aromatic N) is 1. The number of rotatable bonds is 5. The summed E-state index contributed by atoms with van der Waals surface area (Å²) < 4.78 is 14.4. The predicted octanol–water partition coefficient (Wildman–Crippen LogP) is 4.10. The minimum absolute atomic E-state index is 0.139. The summed E-state index contributed by atoms with van der Waals surface area (Å²) in [6.45, 7) is 0. The van der Waals surface area contributed by atoms with Gasteiger partial charge in [-0.3, -0.25) is 4.79 Å². The van der Waals surface area contributed by atoms with Crippen LogP contribution in [0.2, 0.25) is 0 Å². The summed E-state index contributed by atoms with van der Waals surface area (Å²) in [7, 11) is 2.59.